The van der Waals surface area contributed by atoms with Gasteiger partial charge in [0.2, 0.25) is 11.6 Å². The van der Waals surface area contributed by atoms with E-state index in [-0.39, 0.29) is 11.8 Å². The summed E-state index contributed by atoms with van der Waals surface area (Å²) in [6.07, 6.45) is 6.58. The number of hydrogen-bond acceptors (Lipinski definition) is 7. The minimum Gasteiger partial charge on any atom is -0.436 e. The lowest BCUT2D eigenvalue weighted by Gasteiger charge is -2.31. The highest BCUT2D eigenvalue weighted by Gasteiger charge is 2.30. The molecule has 1 aliphatic rings. The lowest BCUT2D eigenvalue weighted by molar-refractivity contribution is 0.0677. The zero-order valence-corrected chi connectivity index (χ0v) is 16.8. The Morgan fingerprint density at radius 1 is 1.07 bits per heavy atom. The number of piperidine rings is 1. The Bertz CT molecular complexity index is 1020. The molecule has 0 spiro atoms. The Morgan fingerprint density at radius 2 is 1.83 bits per heavy atom. The number of hydrogen-bond donors (Lipinski definition) is 0. The molecule has 0 atom stereocenters. The summed E-state index contributed by atoms with van der Waals surface area (Å²) in [6.45, 7) is 6.66. The maximum atomic E-state index is 12.8. The number of rotatable bonds is 4. The van der Waals surface area contributed by atoms with E-state index in [2.05, 4.69) is 19.9 Å². The molecule has 29 heavy (non-hydrogen) atoms. The zero-order chi connectivity index (χ0) is 20.4. The Hall–Kier alpha value is -3.29. The summed E-state index contributed by atoms with van der Waals surface area (Å²) < 4.78 is 11.5. The van der Waals surface area contributed by atoms with Crippen molar-refractivity contribution in [1.29, 1.82) is 0 Å². The Kier molecular flexibility index (Phi) is 5.24. The molecular weight excluding hydrogens is 370 g/mol. The predicted molar refractivity (Wildman–Crippen MR) is 105 cm³/mol. The average molecular weight is 393 g/mol. The van der Waals surface area contributed by atoms with Crippen LogP contribution in [0.1, 0.15) is 52.3 Å². The first kappa shape index (κ1) is 19.0. The molecule has 0 unspecified atom stereocenters. The minimum absolute atomic E-state index is 0.108. The number of nitrogens with zero attached hydrogens (tertiary/aromatic N) is 5. The van der Waals surface area contributed by atoms with Crippen molar-refractivity contribution in [2.75, 3.05) is 13.1 Å². The van der Waals surface area contributed by atoms with Crippen LogP contribution in [0, 0.1) is 20.8 Å². The molecule has 150 valence electrons. The van der Waals surface area contributed by atoms with Crippen LogP contribution in [0.3, 0.4) is 0 Å². The smallest absolute Gasteiger partial charge is 0.291 e. The molecule has 1 amide bonds. The summed E-state index contributed by atoms with van der Waals surface area (Å²) in [5.41, 5.74) is 2.24. The highest BCUT2D eigenvalue weighted by Crippen LogP contribution is 2.34. The molecule has 1 fully saturated rings. The van der Waals surface area contributed by atoms with Crippen molar-refractivity contribution in [1.82, 2.24) is 24.8 Å². The topological polar surface area (TPSA) is 94.2 Å². The predicted octanol–water partition coefficient (Wildman–Crippen LogP) is 3.60. The van der Waals surface area contributed by atoms with Crippen LogP contribution < -0.4 is 4.74 Å². The highest BCUT2D eigenvalue weighted by atomic mass is 16.5. The van der Waals surface area contributed by atoms with E-state index in [0.717, 1.165) is 24.2 Å². The van der Waals surface area contributed by atoms with E-state index in [1.54, 1.807) is 32.4 Å². The second-order valence-corrected chi connectivity index (χ2v) is 7.15. The van der Waals surface area contributed by atoms with E-state index in [0.29, 0.717) is 42.1 Å². The molecule has 0 saturated carbocycles. The SMILES string of the molecule is Cc1nc(C)c(C(=O)N2CCC(c3nccnc3Oc3cccnc3C)CC2)o1. The van der Waals surface area contributed by atoms with E-state index >= 15 is 0 Å². The fraction of sp³-hybridized carbons (Fsp3) is 0.381. The molecule has 3 aromatic heterocycles. The molecule has 3 aromatic rings. The summed E-state index contributed by atoms with van der Waals surface area (Å²) in [5.74, 6) is 2.05. The number of amides is 1. The number of oxazole rings is 1. The third-order valence-corrected chi connectivity index (χ3v) is 5.12. The van der Waals surface area contributed by atoms with Gasteiger partial charge < -0.3 is 14.1 Å². The van der Waals surface area contributed by atoms with Crippen molar-refractivity contribution >= 4 is 5.91 Å². The number of ether oxygens (including phenoxy) is 1. The van der Waals surface area contributed by atoms with Crippen molar-refractivity contribution < 1.29 is 13.9 Å². The Morgan fingerprint density at radius 3 is 2.52 bits per heavy atom. The van der Waals surface area contributed by atoms with Crippen LogP contribution >= 0.6 is 0 Å². The van der Waals surface area contributed by atoms with E-state index in [1.165, 1.54) is 0 Å². The van der Waals surface area contributed by atoms with E-state index in [1.807, 2.05) is 24.0 Å². The number of aryl methyl sites for hydroxylation is 3. The zero-order valence-electron chi connectivity index (χ0n) is 16.8. The summed E-state index contributed by atoms with van der Waals surface area (Å²) in [5, 5.41) is 0. The van der Waals surface area contributed by atoms with Crippen molar-refractivity contribution in [2.45, 2.75) is 39.5 Å². The Labute approximate surface area is 169 Å². The van der Waals surface area contributed by atoms with Gasteiger partial charge in [-0.3, -0.25) is 14.8 Å². The van der Waals surface area contributed by atoms with Gasteiger partial charge in [-0.1, -0.05) is 0 Å². The summed E-state index contributed by atoms with van der Waals surface area (Å²) >= 11 is 0. The second-order valence-electron chi connectivity index (χ2n) is 7.15. The fourth-order valence-corrected chi connectivity index (χ4v) is 3.61. The monoisotopic (exact) mass is 393 g/mol. The van der Waals surface area contributed by atoms with Gasteiger partial charge in [0.1, 0.15) is 5.69 Å². The second kappa shape index (κ2) is 7.98. The van der Waals surface area contributed by atoms with E-state index < -0.39 is 0 Å². The summed E-state index contributed by atoms with van der Waals surface area (Å²) in [4.78, 5) is 31.9. The molecule has 8 nitrogen and oxygen atoms in total. The van der Waals surface area contributed by atoms with Gasteiger partial charge in [0.15, 0.2) is 11.6 Å². The van der Waals surface area contributed by atoms with Crippen LogP contribution in [0.5, 0.6) is 11.6 Å². The first-order valence-corrected chi connectivity index (χ1v) is 9.66. The number of pyridine rings is 1. The van der Waals surface area contributed by atoms with Crippen LogP contribution in [0.15, 0.2) is 35.1 Å². The van der Waals surface area contributed by atoms with Gasteiger partial charge in [0.05, 0.1) is 11.4 Å². The van der Waals surface area contributed by atoms with Gasteiger partial charge in [0, 0.05) is 44.5 Å². The third kappa shape index (κ3) is 3.96. The number of carbonyl (C=O) groups is 1. The van der Waals surface area contributed by atoms with Gasteiger partial charge in [-0.2, -0.15) is 0 Å². The van der Waals surface area contributed by atoms with Gasteiger partial charge in [-0.15, -0.1) is 0 Å². The molecule has 0 aromatic carbocycles. The van der Waals surface area contributed by atoms with Crippen LogP contribution in [-0.4, -0.2) is 43.8 Å². The molecule has 0 N–H and O–H groups in total. The summed E-state index contributed by atoms with van der Waals surface area (Å²) in [6, 6.07) is 3.69. The molecule has 0 bridgehead atoms. The van der Waals surface area contributed by atoms with E-state index in [4.69, 9.17) is 9.15 Å². The normalized spacial score (nSPS) is 14.8. The van der Waals surface area contributed by atoms with Gasteiger partial charge >= 0.3 is 0 Å². The lowest BCUT2D eigenvalue weighted by atomic mass is 9.93. The fourth-order valence-electron chi connectivity index (χ4n) is 3.61. The molecule has 1 saturated heterocycles. The molecule has 1 aliphatic heterocycles. The van der Waals surface area contributed by atoms with Crippen LogP contribution in [0.25, 0.3) is 0 Å². The molecule has 8 heteroatoms. The number of aromatic nitrogens is 4. The van der Waals surface area contributed by atoms with Crippen LogP contribution in [0.4, 0.5) is 0 Å². The van der Waals surface area contributed by atoms with Crippen molar-refractivity contribution in [3.8, 4) is 11.6 Å². The molecule has 4 heterocycles. The molecule has 4 rings (SSSR count). The van der Waals surface area contributed by atoms with Gasteiger partial charge in [0.25, 0.3) is 5.91 Å². The van der Waals surface area contributed by atoms with Gasteiger partial charge in [-0.05, 0) is 38.8 Å². The third-order valence-electron chi connectivity index (χ3n) is 5.12. The van der Waals surface area contributed by atoms with Crippen molar-refractivity contribution in [3.05, 3.63) is 59.5 Å². The summed E-state index contributed by atoms with van der Waals surface area (Å²) in [7, 11) is 0. The number of likely N-dealkylation sites (tertiary alicyclic amines) is 1. The largest absolute Gasteiger partial charge is 0.436 e. The quantitative estimate of drug-likeness (QED) is 0.668. The Balaban J connectivity index is 1.47. The minimum atomic E-state index is -0.108. The van der Waals surface area contributed by atoms with E-state index in [9.17, 15) is 4.79 Å². The standard InChI is InChI=1S/C21H23N5O3/c1-13-17(5-4-8-22-13)29-20-18(23-9-10-24-20)16-6-11-26(12-7-16)21(27)19-14(2)25-15(3)28-19/h4-5,8-10,16H,6-7,11-12H2,1-3H3. The number of carbonyl (C=O) groups excluding carboxylic acids is 1. The van der Waals surface area contributed by atoms with Crippen molar-refractivity contribution in [3.63, 3.8) is 0 Å². The first-order valence-electron chi connectivity index (χ1n) is 9.66. The maximum absolute atomic E-state index is 12.8. The highest BCUT2D eigenvalue weighted by molar-refractivity contribution is 5.92. The molecular formula is C21H23N5O3. The first-order chi connectivity index (χ1) is 14.0. The average Bonchev–Trinajstić information content (AvgIpc) is 3.08. The van der Waals surface area contributed by atoms with Crippen LogP contribution in [0.2, 0.25) is 0 Å². The van der Waals surface area contributed by atoms with Gasteiger partial charge in [-0.25, -0.2) is 9.97 Å². The molecule has 0 aliphatic carbocycles. The molecule has 0 radical (unpaired) electrons. The van der Waals surface area contributed by atoms with Crippen LogP contribution in [-0.2, 0) is 0 Å². The van der Waals surface area contributed by atoms with Crippen molar-refractivity contribution in [2.24, 2.45) is 0 Å². The maximum Gasteiger partial charge on any atom is 0.291 e. The lowest BCUT2D eigenvalue weighted by Crippen LogP contribution is -2.38.